The van der Waals surface area contributed by atoms with Crippen LogP contribution in [0.1, 0.15) is 64.2 Å². The summed E-state index contributed by atoms with van der Waals surface area (Å²) in [5, 5.41) is 0.469. The van der Waals surface area contributed by atoms with Gasteiger partial charge in [-0.3, -0.25) is 0 Å². The normalized spacial score (nSPS) is 23.6. The van der Waals surface area contributed by atoms with Gasteiger partial charge in [-0.25, -0.2) is 0 Å². The number of rotatable bonds is 4. The third-order valence-electron chi connectivity index (χ3n) is 6.49. The fourth-order valence-corrected chi connectivity index (χ4v) is 6.14. The van der Waals surface area contributed by atoms with Gasteiger partial charge < -0.3 is 0 Å². The van der Waals surface area contributed by atoms with Crippen molar-refractivity contribution in [3.05, 3.63) is 65.8 Å². The first-order chi connectivity index (χ1) is 12.8. The van der Waals surface area contributed by atoms with Crippen LogP contribution in [0.4, 0.5) is 0 Å². The number of allylic oxidation sites excluding steroid dienone is 3. The number of thioether (sulfide) groups is 1. The van der Waals surface area contributed by atoms with Crippen molar-refractivity contribution >= 4 is 11.8 Å². The van der Waals surface area contributed by atoms with Crippen molar-refractivity contribution in [1.82, 2.24) is 0 Å². The molecule has 26 heavy (non-hydrogen) atoms. The van der Waals surface area contributed by atoms with E-state index in [4.69, 9.17) is 0 Å². The molecule has 1 heteroatoms. The van der Waals surface area contributed by atoms with Crippen molar-refractivity contribution in [3.8, 4) is 0 Å². The number of benzene rings is 1. The van der Waals surface area contributed by atoms with E-state index in [9.17, 15) is 0 Å². The van der Waals surface area contributed by atoms with Crippen LogP contribution in [0.5, 0.6) is 0 Å². The molecule has 4 rings (SSSR count). The molecule has 0 aromatic heterocycles. The Kier molecular flexibility index (Phi) is 6.05. The molecule has 1 aromatic carbocycles. The van der Waals surface area contributed by atoms with E-state index < -0.39 is 0 Å². The second-order valence-electron chi connectivity index (χ2n) is 8.29. The molecule has 0 heterocycles. The summed E-state index contributed by atoms with van der Waals surface area (Å²) in [4.78, 5) is 1.38. The Hall–Kier alpha value is -1.21. The van der Waals surface area contributed by atoms with Crippen LogP contribution in [-0.4, -0.2) is 5.25 Å². The fraction of sp³-hybridized carbons (Fsp3) is 0.520. The molecule has 3 aliphatic carbocycles. The zero-order chi connectivity index (χ0) is 17.8. The summed E-state index contributed by atoms with van der Waals surface area (Å²) >= 11 is 2.01. The first kappa shape index (κ1) is 18.2. The van der Waals surface area contributed by atoms with Crippen LogP contribution in [0.15, 0.2) is 70.7 Å². The Morgan fingerprint density at radius 3 is 1.69 bits per heavy atom. The van der Waals surface area contributed by atoms with E-state index in [-0.39, 0.29) is 0 Å². The molecule has 0 amide bonds. The second kappa shape index (κ2) is 8.65. The van der Waals surface area contributed by atoms with Crippen molar-refractivity contribution in [2.75, 3.05) is 0 Å². The Morgan fingerprint density at radius 1 is 0.692 bits per heavy atom. The Balaban J connectivity index is 1.61. The summed E-state index contributed by atoms with van der Waals surface area (Å²) in [5.41, 5.74) is 4.59. The average molecular weight is 365 g/mol. The van der Waals surface area contributed by atoms with Gasteiger partial charge in [-0.05, 0) is 66.4 Å². The second-order valence-corrected chi connectivity index (χ2v) is 9.54. The summed E-state index contributed by atoms with van der Waals surface area (Å²) in [6.45, 7) is 4.62. The zero-order valence-electron chi connectivity index (χ0n) is 16.0. The van der Waals surface area contributed by atoms with Crippen molar-refractivity contribution in [2.24, 2.45) is 11.8 Å². The largest absolute Gasteiger partial charge is 0.114 e. The monoisotopic (exact) mass is 364 g/mol. The Bertz CT molecular complexity index is 631. The molecule has 3 aliphatic rings. The Labute approximate surface area is 163 Å². The summed E-state index contributed by atoms with van der Waals surface area (Å²) in [6, 6.07) is 10.9. The van der Waals surface area contributed by atoms with E-state index >= 15 is 0 Å². The SMILES string of the molecule is C=C1C(C2CCCCC2)=CC(Sc2ccccc2)C=C1C1CCCCC1. The van der Waals surface area contributed by atoms with Crippen LogP contribution in [0.25, 0.3) is 0 Å². The molecule has 0 bridgehead atoms. The quantitative estimate of drug-likeness (QED) is 0.526. The van der Waals surface area contributed by atoms with Gasteiger partial charge in [0.2, 0.25) is 0 Å². The topological polar surface area (TPSA) is 0 Å². The first-order valence-corrected chi connectivity index (χ1v) is 11.5. The molecule has 0 atom stereocenters. The fourth-order valence-electron chi connectivity index (χ4n) is 5.09. The maximum atomic E-state index is 4.62. The zero-order valence-corrected chi connectivity index (χ0v) is 16.8. The minimum absolute atomic E-state index is 0.469. The minimum atomic E-state index is 0.469. The van der Waals surface area contributed by atoms with Gasteiger partial charge in [0.15, 0.2) is 0 Å². The summed E-state index contributed by atoms with van der Waals surface area (Å²) < 4.78 is 0. The van der Waals surface area contributed by atoms with Crippen molar-refractivity contribution < 1.29 is 0 Å². The highest BCUT2D eigenvalue weighted by atomic mass is 32.2. The molecule has 0 radical (unpaired) electrons. The smallest absolute Gasteiger partial charge is 0.0466 e. The lowest BCUT2D eigenvalue weighted by molar-refractivity contribution is 0.391. The summed E-state index contributed by atoms with van der Waals surface area (Å²) in [5.74, 6) is 1.50. The van der Waals surface area contributed by atoms with Crippen LogP contribution in [0.2, 0.25) is 0 Å². The van der Waals surface area contributed by atoms with E-state index in [1.165, 1.54) is 74.7 Å². The highest BCUT2D eigenvalue weighted by molar-refractivity contribution is 8.00. The third-order valence-corrected chi connectivity index (χ3v) is 7.58. The van der Waals surface area contributed by atoms with Crippen molar-refractivity contribution in [3.63, 3.8) is 0 Å². The van der Waals surface area contributed by atoms with Gasteiger partial charge in [-0.1, -0.05) is 75.5 Å². The van der Waals surface area contributed by atoms with E-state index in [0.717, 1.165) is 11.8 Å². The molecule has 2 fully saturated rings. The van der Waals surface area contributed by atoms with E-state index in [1.807, 2.05) is 11.8 Å². The molecular formula is C25H32S. The molecule has 0 N–H and O–H groups in total. The van der Waals surface area contributed by atoms with Gasteiger partial charge in [0.1, 0.15) is 0 Å². The molecule has 0 nitrogen and oxygen atoms in total. The van der Waals surface area contributed by atoms with E-state index in [1.54, 1.807) is 11.1 Å². The van der Waals surface area contributed by atoms with Gasteiger partial charge >= 0.3 is 0 Å². The molecule has 138 valence electrons. The van der Waals surface area contributed by atoms with Crippen molar-refractivity contribution in [1.29, 1.82) is 0 Å². The maximum Gasteiger partial charge on any atom is 0.0466 e. The molecule has 1 aromatic rings. The van der Waals surface area contributed by atoms with Crippen LogP contribution in [0, 0.1) is 11.8 Å². The number of hydrogen-bond donors (Lipinski definition) is 0. The highest BCUT2D eigenvalue weighted by Crippen LogP contribution is 2.45. The molecule has 0 spiro atoms. The van der Waals surface area contributed by atoms with E-state index in [2.05, 4.69) is 49.1 Å². The predicted octanol–water partition coefficient (Wildman–Crippen LogP) is 7.73. The van der Waals surface area contributed by atoms with Crippen molar-refractivity contribution in [2.45, 2.75) is 74.4 Å². The molecule has 2 saturated carbocycles. The average Bonchev–Trinajstić information content (AvgIpc) is 2.71. The predicted molar refractivity (Wildman–Crippen MR) is 115 cm³/mol. The third kappa shape index (κ3) is 4.19. The Morgan fingerprint density at radius 2 is 1.19 bits per heavy atom. The van der Waals surface area contributed by atoms with Gasteiger partial charge in [0.05, 0.1) is 0 Å². The lowest BCUT2D eigenvalue weighted by Gasteiger charge is -2.35. The van der Waals surface area contributed by atoms with Crippen LogP contribution >= 0.6 is 11.8 Å². The molecule has 0 unspecified atom stereocenters. The van der Waals surface area contributed by atoms with Gasteiger partial charge in [0, 0.05) is 10.1 Å². The lowest BCUT2D eigenvalue weighted by atomic mass is 9.72. The standard InChI is InChI=1S/C25H32S/c1-19-24(20-11-5-2-6-12-20)17-23(26-22-15-9-4-10-16-22)18-25(19)21-13-7-3-8-14-21/h4,9-10,15-18,20-21,23H,1-3,5-8,11-14H2. The first-order valence-electron chi connectivity index (χ1n) is 10.7. The highest BCUT2D eigenvalue weighted by Gasteiger charge is 2.29. The van der Waals surface area contributed by atoms with E-state index in [0.29, 0.717) is 5.25 Å². The molecule has 0 aliphatic heterocycles. The van der Waals surface area contributed by atoms with Crippen LogP contribution in [-0.2, 0) is 0 Å². The summed E-state index contributed by atoms with van der Waals surface area (Å²) in [7, 11) is 0. The number of hydrogen-bond acceptors (Lipinski definition) is 1. The maximum absolute atomic E-state index is 4.62. The minimum Gasteiger partial charge on any atom is -0.114 e. The van der Waals surface area contributed by atoms with Crippen LogP contribution < -0.4 is 0 Å². The molecule has 0 saturated heterocycles. The van der Waals surface area contributed by atoms with Gasteiger partial charge in [-0.2, -0.15) is 0 Å². The lowest BCUT2D eigenvalue weighted by Crippen LogP contribution is -2.21. The van der Waals surface area contributed by atoms with Crippen LogP contribution in [0.3, 0.4) is 0 Å². The van der Waals surface area contributed by atoms with Gasteiger partial charge in [0.25, 0.3) is 0 Å². The van der Waals surface area contributed by atoms with Gasteiger partial charge in [-0.15, -0.1) is 11.8 Å². The molecular weight excluding hydrogens is 332 g/mol. The summed E-state index contributed by atoms with van der Waals surface area (Å²) in [6.07, 6.45) is 19.0.